The summed E-state index contributed by atoms with van der Waals surface area (Å²) in [6.45, 7) is 4.73. The van der Waals surface area contributed by atoms with Gasteiger partial charge in [0.2, 0.25) is 0 Å². The van der Waals surface area contributed by atoms with E-state index in [1.165, 1.54) is 61.2 Å². The van der Waals surface area contributed by atoms with Crippen molar-refractivity contribution in [3.05, 3.63) is 223 Å². The summed E-state index contributed by atoms with van der Waals surface area (Å²) in [6, 6.07) is 76.8. The van der Waals surface area contributed by atoms with Gasteiger partial charge in [-0.25, -0.2) is 0 Å². The molecule has 0 fully saturated rings. The molecule has 0 spiro atoms. The summed E-state index contributed by atoms with van der Waals surface area (Å²) in [5, 5.41) is 2.30. The lowest BCUT2D eigenvalue weighted by Crippen LogP contribution is -2.16. The molecular weight excluding hydrogens is 715 g/mol. The highest BCUT2D eigenvalue weighted by molar-refractivity contribution is 6.09. The molecule has 9 aromatic carbocycles. The van der Waals surface area contributed by atoms with Crippen LogP contribution < -0.4 is 4.90 Å². The maximum Gasteiger partial charge on any atom is 0.143 e. The van der Waals surface area contributed by atoms with Gasteiger partial charge in [0.1, 0.15) is 11.2 Å². The van der Waals surface area contributed by atoms with E-state index in [4.69, 9.17) is 4.42 Å². The highest BCUT2D eigenvalue weighted by Crippen LogP contribution is 2.52. The number of benzene rings is 9. The zero-order valence-corrected chi connectivity index (χ0v) is 33.1. The van der Waals surface area contributed by atoms with Gasteiger partial charge in [-0.05, 0) is 116 Å². The van der Waals surface area contributed by atoms with E-state index < -0.39 is 0 Å². The molecule has 1 aromatic heterocycles. The lowest BCUT2D eigenvalue weighted by atomic mass is 9.81. The Morgan fingerprint density at radius 3 is 1.49 bits per heavy atom. The molecule has 0 amide bonds. The van der Waals surface area contributed by atoms with Gasteiger partial charge in [-0.2, -0.15) is 0 Å². The average molecular weight is 756 g/mol. The molecule has 0 bridgehead atoms. The van der Waals surface area contributed by atoms with E-state index in [2.05, 4.69) is 225 Å². The van der Waals surface area contributed by atoms with Crippen LogP contribution in [0.2, 0.25) is 0 Å². The first-order chi connectivity index (χ1) is 29.0. The number of fused-ring (bicyclic) bond motifs is 6. The topological polar surface area (TPSA) is 16.4 Å². The molecule has 11 rings (SSSR count). The third kappa shape index (κ3) is 5.96. The van der Waals surface area contributed by atoms with Gasteiger partial charge in [-0.15, -0.1) is 0 Å². The van der Waals surface area contributed by atoms with Crippen molar-refractivity contribution >= 4 is 39.0 Å². The minimum absolute atomic E-state index is 0.227. The van der Waals surface area contributed by atoms with Crippen LogP contribution in [0.15, 0.2) is 217 Å². The highest BCUT2D eigenvalue weighted by atomic mass is 16.3. The highest BCUT2D eigenvalue weighted by Gasteiger charge is 2.36. The smallest absolute Gasteiger partial charge is 0.143 e. The Hall–Kier alpha value is -7.42. The number of furan rings is 1. The molecule has 0 N–H and O–H groups in total. The molecule has 0 atom stereocenters. The van der Waals surface area contributed by atoms with Gasteiger partial charge < -0.3 is 9.32 Å². The first kappa shape index (κ1) is 34.8. The van der Waals surface area contributed by atoms with Gasteiger partial charge in [0.25, 0.3) is 0 Å². The Balaban J connectivity index is 0.985. The average Bonchev–Trinajstić information content (AvgIpc) is 3.79. The van der Waals surface area contributed by atoms with Crippen molar-refractivity contribution in [3.63, 3.8) is 0 Å². The third-order valence-electron chi connectivity index (χ3n) is 12.3. The minimum atomic E-state index is -0.227. The fraction of sp³-hybridized carbons (Fsp3) is 0.0526. The van der Waals surface area contributed by atoms with E-state index >= 15 is 0 Å². The fourth-order valence-corrected chi connectivity index (χ4v) is 9.20. The van der Waals surface area contributed by atoms with Crippen molar-refractivity contribution < 1.29 is 4.42 Å². The van der Waals surface area contributed by atoms with Crippen molar-refractivity contribution in [2.75, 3.05) is 4.90 Å². The zero-order chi connectivity index (χ0) is 39.5. The summed E-state index contributed by atoms with van der Waals surface area (Å²) in [4.78, 5) is 2.39. The summed E-state index contributed by atoms with van der Waals surface area (Å²) in [7, 11) is 0. The van der Waals surface area contributed by atoms with E-state index in [9.17, 15) is 0 Å². The van der Waals surface area contributed by atoms with E-state index in [0.29, 0.717) is 0 Å². The molecule has 10 aromatic rings. The summed E-state index contributed by atoms with van der Waals surface area (Å²) < 4.78 is 6.48. The first-order valence-electron chi connectivity index (χ1n) is 20.4. The maximum absolute atomic E-state index is 6.48. The Morgan fingerprint density at radius 2 is 0.814 bits per heavy atom. The van der Waals surface area contributed by atoms with Crippen molar-refractivity contribution in [1.29, 1.82) is 0 Å². The van der Waals surface area contributed by atoms with Gasteiger partial charge in [-0.1, -0.05) is 172 Å². The SMILES string of the molecule is CC1(C)c2cc(-c3cccc4c3oc3ccccc34)ccc2-c2ccc(N(c3ccc(-c4ccccc4)cc3)c3ccc(-c4cccc(-c5ccccc5)c4)cc3)cc21. The number of nitrogens with zero attached hydrogens (tertiary/aromatic N) is 1. The predicted molar refractivity (Wildman–Crippen MR) is 248 cm³/mol. The van der Waals surface area contributed by atoms with Gasteiger partial charge in [0, 0.05) is 38.8 Å². The molecule has 1 aliphatic rings. The van der Waals surface area contributed by atoms with Crippen LogP contribution in [0.1, 0.15) is 25.0 Å². The molecule has 2 heteroatoms. The van der Waals surface area contributed by atoms with E-state index in [-0.39, 0.29) is 5.41 Å². The van der Waals surface area contributed by atoms with E-state index in [1.54, 1.807) is 0 Å². The van der Waals surface area contributed by atoms with Gasteiger partial charge in [0.15, 0.2) is 0 Å². The largest absolute Gasteiger partial charge is 0.455 e. The summed E-state index contributed by atoms with van der Waals surface area (Å²) in [6.07, 6.45) is 0. The summed E-state index contributed by atoms with van der Waals surface area (Å²) in [5.41, 5.74) is 19.7. The summed E-state index contributed by atoms with van der Waals surface area (Å²) in [5.74, 6) is 0. The first-order valence-corrected chi connectivity index (χ1v) is 20.4. The molecule has 1 heterocycles. The number of hydrogen-bond donors (Lipinski definition) is 0. The van der Waals surface area contributed by atoms with Crippen molar-refractivity contribution in [1.82, 2.24) is 0 Å². The van der Waals surface area contributed by atoms with Crippen LogP contribution in [0.25, 0.3) is 77.6 Å². The van der Waals surface area contributed by atoms with Crippen molar-refractivity contribution in [3.8, 4) is 55.6 Å². The normalized spacial score (nSPS) is 12.7. The molecule has 0 aliphatic heterocycles. The monoisotopic (exact) mass is 755 g/mol. The second-order valence-electron chi connectivity index (χ2n) is 16.1. The molecule has 1 aliphatic carbocycles. The molecule has 280 valence electrons. The van der Waals surface area contributed by atoms with Crippen LogP contribution in [0.4, 0.5) is 17.1 Å². The third-order valence-corrected chi connectivity index (χ3v) is 12.3. The Kier molecular flexibility index (Phi) is 8.20. The van der Waals surface area contributed by atoms with Crippen LogP contribution in [0.3, 0.4) is 0 Å². The quantitative estimate of drug-likeness (QED) is 0.161. The summed E-state index contributed by atoms with van der Waals surface area (Å²) >= 11 is 0. The fourth-order valence-electron chi connectivity index (χ4n) is 9.20. The number of rotatable bonds is 7. The van der Waals surface area contributed by atoms with Crippen molar-refractivity contribution in [2.24, 2.45) is 0 Å². The number of hydrogen-bond acceptors (Lipinski definition) is 2. The second kappa shape index (κ2) is 13.9. The molecular formula is C57H41NO. The lowest BCUT2D eigenvalue weighted by molar-refractivity contribution is 0.660. The van der Waals surface area contributed by atoms with Crippen LogP contribution in [-0.2, 0) is 5.41 Å². The zero-order valence-electron chi connectivity index (χ0n) is 33.1. The molecule has 59 heavy (non-hydrogen) atoms. The van der Waals surface area contributed by atoms with Crippen LogP contribution in [-0.4, -0.2) is 0 Å². The molecule has 0 saturated carbocycles. The van der Waals surface area contributed by atoms with Crippen molar-refractivity contribution in [2.45, 2.75) is 19.3 Å². The second-order valence-corrected chi connectivity index (χ2v) is 16.1. The molecule has 0 radical (unpaired) electrons. The standard InChI is InChI=1S/C57H41NO/c1-57(2)53-36-44(48-20-12-21-52-51-19-9-10-22-55(51)59-56(48)52)27-33-49(53)50-34-32-47(37-54(50)57)58(45-28-23-40(24-29-45)38-13-5-3-6-14-38)46-30-25-41(26-31-46)43-18-11-17-42(35-43)39-15-7-4-8-16-39/h3-37H,1-2H3. The maximum atomic E-state index is 6.48. The van der Waals surface area contributed by atoms with Gasteiger partial charge in [-0.3, -0.25) is 0 Å². The lowest BCUT2D eigenvalue weighted by Gasteiger charge is -2.28. The minimum Gasteiger partial charge on any atom is -0.455 e. The molecule has 2 nitrogen and oxygen atoms in total. The van der Waals surface area contributed by atoms with E-state index in [1.807, 2.05) is 6.07 Å². The Morgan fingerprint density at radius 1 is 0.339 bits per heavy atom. The van der Waals surface area contributed by atoms with Crippen LogP contribution >= 0.6 is 0 Å². The van der Waals surface area contributed by atoms with E-state index in [0.717, 1.165) is 44.6 Å². The number of para-hydroxylation sites is 2. The number of anilines is 3. The molecule has 0 unspecified atom stereocenters. The van der Waals surface area contributed by atoms with Gasteiger partial charge in [0.05, 0.1) is 0 Å². The Labute approximate surface area is 345 Å². The predicted octanol–water partition coefficient (Wildman–Crippen LogP) is 16.0. The van der Waals surface area contributed by atoms with Crippen LogP contribution in [0, 0.1) is 0 Å². The molecule has 0 saturated heterocycles. The Bertz CT molecular complexity index is 3160. The van der Waals surface area contributed by atoms with Crippen LogP contribution in [0.5, 0.6) is 0 Å². The van der Waals surface area contributed by atoms with Gasteiger partial charge >= 0.3 is 0 Å².